The van der Waals surface area contributed by atoms with Crippen LogP contribution >= 0.6 is 0 Å². The highest BCUT2D eigenvalue weighted by Gasteiger charge is 2.10. The molecule has 1 unspecified atom stereocenters. The van der Waals surface area contributed by atoms with Crippen molar-refractivity contribution in [1.29, 1.82) is 0 Å². The van der Waals surface area contributed by atoms with Gasteiger partial charge in [0.05, 0.1) is 0 Å². The van der Waals surface area contributed by atoms with Crippen molar-refractivity contribution in [3.8, 4) is 0 Å². The summed E-state index contributed by atoms with van der Waals surface area (Å²) >= 11 is 0. The van der Waals surface area contributed by atoms with Crippen LogP contribution in [0.15, 0.2) is 0 Å². The highest BCUT2D eigenvalue weighted by Crippen LogP contribution is 2.04. The summed E-state index contributed by atoms with van der Waals surface area (Å²) < 4.78 is 0. The van der Waals surface area contributed by atoms with E-state index in [-0.39, 0.29) is 0 Å². The van der Waals surface area contributed by atoms with Crippen molar-refractivity contribution in [1.82, 2.24) is 10.6 Å². The minimum atomic E-state index is 0.723. The summed E-state index contributed by atoms with van der Waals surface area (Å²) in [6.07, 6.45) is 5.39. The Morgan fingerprint density at radius 3 is 3.00 bits per heavy atom. The zero-order valence-corrected chi connectivity index (χ0v) is 9.10. The summed E-state index contributed by atoms with van der Waals surface area (Å²) in [6.45, 7) is 8.13. The smallest absolute Gasteiger partial charge is 0.0192 e. The Balaban J connectivity index is 2.05. The van der Waals surface area contributed by atoms with Gasteiger partial charge >= 0.3 is 0 Å². The highest BCUT2D eigenvalue weighted by molar-refractivity contribution is 4.73. The third-order valence-electron chi connectivity index (χ3n) is 2.70. The van der Waals surface area contributed by atoms with Crippen LogP contribution in [0.3, 0.4) is 0 Å². The van der Waals surface area contributed by atoms with Gasteiger partial charge in [-0.2, -0.15) is 0 Å². The van der Waals surface area contributed by atoms with Gasteiger partial charge in [0.1, 0.15) is 0 Å². The molecule has 0 aliphatic carbocycles. The number of hydrogen-bond donors (Lipinski definition) is 2. The van der Waals surface area contributed by atoms with Crippen molar-refractivity contribution >= 4 is 0 Å². The summed E-state index contributed by atoms with van der Waals surface area (Å²) in [5.41, 5.74) is 0. The Bertz CT molecular complexity index is 115. The van der Waals surface area contributed by atoms with Gasteiger partial charge in [0.15, 0.2) is 0 Å². The standard InChI is InChI=1S/C11H24N2/c1-10(2)6-8-13-11-5-3-4-7-12-9-11/h10-13H,3-9H2,1-2H3. The number of rotatable bonds is 4. The molecule has 1 aliphatic heterocycles. The summed E-state index contributed by atoms with van der Waals surface area (Å²) in [6, 6.07) is 0.723. The Morgan fingerprint density at radius 2 is 2.23 bits per heavy atom. The van der Waals surface area contributed by atoms with Gasteiger partial charge in [0, 0.05) is 12.6 Å². The zero-order valence-electron chi connectivity index (χ0n) is 9.10. The molecule has 0 aromatic carbocycles. The van der Waals surface area contributed by atoms with Crippen LogP contribution in [-0.4, -0.2) is 25.7 Å². The average molecular weight is 184 g/mol. The summed E-state index contributed by atoms with van der Waals surface area (Å²) in [5, 5.41) is 7.10. The second kappa shape index (κ2) is 6.39. The fraction of sp³-hybridized carbons (Fsp3) is 1.00. The van der Waals surface area contributed by atoms with E-state index in [1.54, 1.807) is 0 Å². The monoisotopic (exact) mass is 184 g/mol. The van der Waals surface area contributed by atoms with Gasteiger partial charge in [-0.3, -0.25) is 0 Å². The Hall–Kier alpha value is -0.0800. The second-order valence-electron chi connectivity index (χ2n) is 4.53. The predicted octanol–water partition coefficient (Wildman–Crippen LogP) is 1.76. The first-order valence-electron chi connectivity index (χ1n) is 5.73. The zero-order chi connectivity index (χ0) is 9.52. The molecule has 0 bridgehead atoms. The van der Waals surface area contributed by atoms with E-state index >= 15 is 0 Å². The third kappa shape index (κ3) is 5.27. The normalized spacial score (nSPS) is 24.7. The van der Waals surface area contributed by atoms with Gasteiger partial charge < -0.3 is 10.6 Å². The van der Waals surface area contributed by atoms with Gasteiger partial charge in [-0.1, -0.05) is 20.3 Å². The Labute approximate surface area is 82.5 Å². The topological polar surface area (TPSA) is 24.1 Å². The van der Waals surface area contributed by atoms with E-state index in [2.05, 4.69) is 24.5 Å². The molecule has 78 valence electrons. The SMILES string of the molecule is CC(C)CCNC1CCCCNC1. The average Bonchev–Trinajstić information content (AvgIpc) is 2.32. The Morgan fingerprint density at radius 1 is 1.38 bits per heavy atom. The first-order valence-corrected chi connectivity index (χ1v) is 5.73. The molecule has 1 rings (SSSR count). The molecular formula is C11H24N2. The lowest BCUT2D eigenvalue weighted by Gasteiger charge is -2.16. The molecule has 0 saturated carbocycles. The van der Waals surface area contributed by atoms with E-state index in [0.717, 1.165) is 18.5 Å². The van der Waals surface area contributed by atoms with Crippen LogP contribution in [-0.2, 0) is 0 Å². The first-order chi connectivity index (χ1) is 6.29. The Kier molecular flexibility index (Phi) is 5.40. The van der Waals surface area contributed by atoms with Crippen molar-refractivity contribution in [3.05, 3.63) is 0 Å². The van der Waals surface area contributed by atoms with E-state index in [4.69, 9.17) is 0 Å². The lowest BCUT2D eigenvalue weighted by atomic mass is 10.1. The van der Waals surface area contributed by atoms with Gasteiger partial charge in [-0.05, 0) is 38.3 Å². The predicted molar refractivity (Wildman–Crippen MR) is 58.0 cm³/mol. The molecule has 0 aromatic rings. The van der Waals surface area contributed by atoms with Crippen molar-refractivity contribution in [2.75, 3.05) is 19.6 Å². The van der Waals surface area contributed by atoms with Crippen molar-refractivity contribution in [2.45, 2.75) is 45.6 Å². The van der Waals surface area contributed by atoms with Crippen LogP contribution in [0, 0.1) is 5.92 Å². The largest absolute Gasteiger partial charge is 0.315 e. The lowest BCUT2D eigenvalue weighted by Crippen LogP contribution is -2.37. The quantitative estimate of drug-likeness (QED) is 0.696. The van der Waals surface area contributed by atoms with Crippen LogP contribution in [0.5, 0.6) is 0 Å². The lowest BCUT2D eigenvalue weighted by molar-refractivity contribution is 0.444. The van der Waals surface area contributed by atoms with E-state index in [1.165, 1.54) is 38.8 Å². The van der Waals surface area contributed by atoms with Crippen molar-refractivity contribution < 1.29 is 0 Å². The molecule has 1 aliphatic rings. The van der Waals surface area contributed by atoms with Crippen molar-refractivity contribution in [3.63, 3.8) is 0 Å². The van der Waals surface area contributed by atoms with E-state index < -0.39 is 0 Å². The molecule has 2 N–H and O–H groups in total. The minimum absolute atomic E-state index is 0.723. The van der Waals surface area contributed by atoms with Gasteiger partial charge in [0.25, 0.3) is 0 Å². The number of nitrogens with one attached hydrogen (secondary N) is 2. The molecule has 2 nitrogen and oxygen atoms in total. The maximum Gasteiger partial charge on any atom is 0.0192 e. The molecular weight excluding hydrogens is 160 g/mol. The maximum absolute atomic E-state index is 3.63. The van der Waals surface area contributed by atoms with Crippen LogP contribution in [0.4, 0.5) is 0 Å². The third-order valence-corrected chi connectivity index (χ3v) is 2.70. The molecule has 0 aromatic heterocycles. The molecule has 0 radical (unpaired) electrons. The van der Waals surface area contributed by atoms with Crippen LogP contribution in [0.25, 0.3) is 0 Å². The second-order valence-corrected chi connectivity index (χ2v) is 4.53. The molecule has 1 heterocycles. The molecule has 1 atom stereocenters. The fourth-order valence-corrected chi connectivity index (χ4v) is 1.77. The van der Waals surface area contributed by atoms with E-state index in [0.29, 0.717) is 0 Å². The minimum Gasteiger partial charge on any atom is -0.315 e. The highest BCUT2D eigenvalue weighted by atomic mass is 15.0. The molecule has 0 spiro atoms. The van der Waals surface area contributed by atoms with Gasteiger partial charge in [-0.25, -0.2) is 0 Å². The summed E-state index contributed by atoms with van der Waals surface area (Å²) in [4.78, 5) is 0. The van der Waals surface area contributed by atoms with E-state index in [9.17, 15) is 0 Å². The molecule has 2 heteroatoms. The van der Waals surface area contributed by atoms with Crippen molar-refractivity contribution in [2.24, 2.45) is 5.92 Å². The van der Waals surface area contributed by atoms with Gasteiger partial charge in [-0.15, -0.1) is 0 Å². The maximum atomic E-state index is 3.63. The first kappa shape index (κ1) is 11.0. The molecule has 0 amide bonds. The molecule has 13 heavy (non-hydrogen) atoms. The fourth-order valence-electron chi connectivity index (χ4n) is 1.77. The number of hydrogen-bond acceptors (Lipinski definition) is 2. The van der Waals surface area contributed by atoms with Crippen LogP contribution in [0.2, 0.25) is 0 Å². The van der Waals surface area contributed by atoms with Crippen LogP contribution in [0.1, 0.15) is 39.5 Å². The summed E-state index contributed by atoms with van der Waals surface area (Å²) in [5.74, 6) is 0.825. The van der Waals surface area contributed by atoms with Gasteiger partial charge in [0.2, 0.25) is 0 Å². The van der Waals surface area contributed by atoms with E-state index in [1.807, 2.05) is 0 Å². The van der Waals surface area contributed by atoms with Crippen LogP contribution < -0.4 is 10.6 Å². The molecule has 1 fully saturated rings. The molecule has 1 saturated heterocycles. The summed E-state index contributed by atoms with van der Waals surface area (Å²) in [7, 11) is 0.